The van der Waals surface area contributed by atoms with Crippen molar-refractivity contribution in [3.8, 4) is 39.4 Å². The molecule has 3 heteroatoms. The van der Waals surface area contributed by atoms with Gasteiger partial charge in [0.1, 0.15) is 0 Å². The minimum atomic E-state index is 0.677. The first kappa shape index (κ1) is 23.3. The molecule has 0 N–H and O–H groups in total. The number of nitrogens with zero attached hydrogens (tertiary/aromatic N) is 2. The summed E-state index contributed by atoms with van der Waals surface area (Å²) in [5.74, 6) is 0. The van der Waals surface area contributed by atoms with Crippen molar-refractivity contribution in [2.45, 2.75) is 12.8 Å². The summed E-state index contributed by atoms with van der Waals surface area (Å²) in [5.41, 5.74) is 10.4. The predicted molar refractivity (Wildman–Crippen MR) is 166 cm³/mol. The Hall–Kier alpha value is -4.78. The van der Waals surface area contributed by atoms with Gasteiger partial charge in [-0.2, -0.15) is 5.26 Å². The summed E-state index contributed by atoms with van der Waals surface area (Å²) >= 11 is 1.88. The SMILES string of the molecule is N#Cc1ccc(-c2cccc(-c3cccc4c3sc3c(-c5ccc(C6=CN=CCC6)cc5)cccc34)c2)cc1. The normalized spacial score (nSPS) is 12.9. The Bertz CT molecular complexity index is 1950. The van der Waals surface area contributed by atoms with Gasteiger partial charge >= 0.3 is 0 Å². The van der Waals surface area contributed by atoms with Crippen LogP contribution in [0.15, 0.2) is 120 Å². The fourth-order valence-electron chi connectivity index (χ4n) is 5.46. The molecule has 0 atom stereocenters. The number of rotatable bonds is 4. The van der Waals surface area contributed by atoms with E-state index in [1.165, 1.54) is 53.6 Å². The molecule has 0 aliphatic carbocycles. The number of hydrogen-bond donors (Lipinski definition) is 0. The molecule has 39 heavy (non-hydrogen) atoms. The van der Waals surface area contributed by atoms with Crippen molar-refractivity contribution in [2.24, 2.45) is 4.99 Å². The van der Waals surface area contributed by atoms with Crippen molar-refractivity contribution in [2.75, 3.05) is 0 Å². The summed E-state index contributed by atoms with van der Waals surface area (Å²) < 4.78 is 2.62. The van der Waals surface area contributed by atoms with Crippen molar-refractivity contribution in [1.29, 1.82) is 5.26 Å². The van der Waals surface area contributed by atoms with Crippen molar-refractivity contribution in [3.63, 3.8) is 0 Å². The molecule has 184 valence electrons. The number of nitriles is 1. The minimum absolute atomic E-state index is 0.677. The molecule has 0 radical (unpaired) electrons. The third-order valence-corrected chi connectivity index (χ3v) is 8.78. The maximum Gasteiger partial charge on any atom is 0.0991 e. The van der Waals surface area contributed by atoms with E-state index < -0.39 is 0 Å². The van der Waals surface area contributed by atoms with E-state index in [4.69, 9.17) is 5.26 Å². The zero-order valence-electron chi connectivity index (χ0n) is 21.3. The van der Waals surface area contributed by atoms with Crippen LogP contribution in [0.3, 0.4) is 0 Å². The van der Waals surface area contributed by atoms with E-state index in [1.54, 1.807) is 0 Å². The maximum absolute atomic E-state index is 9.16. The number of aliphatic imine (C=N–C) groups is 1. The molecule has 0 amide bonds. The topological polar surface area (TPSA) is 36.1 Å². The highest BCUT2D eigenvalue weighted by atomic mass is 32.1. The van der Waals surface area contributed by atoms with Gasteiger partial charge in [-0.3, -0.25) is 4.99 Å². The average Bonchev–Trinajstić information content (AvgIpc) is 3.41. The zero-order chi connectivity index (χ0) is 26.2. The van der Waals surface area contributed by atoms with Crippen LogP contribution in [0.5, 0.6) is 0 Å². The quantitative estimate of drug-likeness (QED) is 0.230. The number of hydrogen-bond acceptors (Lipinski definition) is 3. The first-order valence-electron chi connectivity index (χ1n) is 13.2. The highest BCUT2D eigenvalue weighted by Gasteiger charge is 2.14. The fraction of sp³-hybridized carbons (Fsp3) is 0.0556. The van der Waals surface area contributed by atoms with Gasteiger partial charge in [-0.1, -0.05) is 91.0 Å². The Morgan fingerprint density at radius 3 is 1.90 bits per heavy atom. The van der Waals surface area contributed by atoms with Crippen molar-refractivity contribution < 1.29 is 0 Å². The fourth-order valence-corrected chi connectivity index (χ4v) is 6.83. The van der Waals surface area contributed by atoms with E-state index in [-0.39, 0.29) is 0 Å². The number of allylic oxidation sites excluding steroid dienone is 1. The molecule has 0 saturated carbocycles. The molecule has 0 fully saturated rings. The summed E-state index contributed by atoms with van der Waals surface area (Å²) in [6.45, 7) is 0. The molecule has 7 rings (SSSR count). The molecule has 0 saturated heterocycles. The Morgan fingerprint density at radius 2 is 1.23 bits per heavy atom. The highest BCUT2D eigenvalue weighted by Crippen LogP contribution is 2.44. The second-order valence-corrected chi connectivity index (χ2v) is 10.9. The average molecular weight is 517 g/mol. The molecule has 0 unspecified atom stereocenters. The van der Waals surface area contributed by atoms with Crippen LogP contribution in [0.1, 0.15) is 24.0 Å². The Labute approximate surface area is 231 Å². The molecule has 1 aliphatic heterocycles. The van der Waals surface area contributed by atoms with Crippen LogP contribution in [0.25, 0.3) is 59.1 Å². The first-order valence-corrected chi connectivity index (χ1v) is 14.0. The third kappa shape index (κ3) is 4.26. The van der Waals surface area contributed by atoms with Gasteiger partial charge in [0.25, 0.3) is 0 Å². The van der Waals surface area contributed by atoms with Crippen LogP contribution in [-0.2, 0) is 0 Å². The van der Waals surface area contributed by atoms with Gasteiger partial charge < -0.3 is 0 Å². The van der Waals surface area contributed by atoms with Crippen LogP contribution in [0.4, 0.5) is 0 Å². The largest absolute Gasteiger partial charge is 0.269 e. The summed E-state index contributed by atoms with van der Waals surface area (Å²) in [5, 5.41) is 11.7. The molecule has 1 aromatic heterocycles. The minimum Gasteiger partial charge on any atom is -0.269 e. The lowest BCUT2D eigenvalue weighted by Gasteiger charge is -2.10. The Balaban J connectivity index is 1.32. The van der Waals surface area contributed by atoms with Gasteiger partial charge in [-0.05, 0) is 75.6 Å². The van der Waals surface area contributed by atoms with Crippen LogP contribution < -0.4 is 0 Å². The molecular formula is C36H24N2S. The van der Waals surface area contributed by atoms with E-state index in [0.717, 1.165) is 24.0 Å². The lowest BCUT2D eigenvalue weighted by molar-refractivity contribution is 1.10. The van der Waals surface area contributed by atoms with Gasteiger partial charge in [0, 0.05) is 32.6 Å². The smallest absolute Gasteiger partial charge is 0.0991 e. The van der Waals surface area contributed by atoms with Gasteiger partial charge in [0.15, 0.2) is 0 Å². The number of fused-ring (bicyclic) bond motifs is 3. The van der Waals surface area contributed by atoms with Crippen molar-refractivity contribution in [1.82, 2.24) is 0 Å². The molecule has 0 spiro atoms. The molecule has 2 nitrogen and oxygen atoms in total. The molecule has 2 heterocycles. The van der Waals surface area contributed by atoms with Gasteiger partial charge in [-0.25, -0.2) is 0 Å². The van der Waals surface area contributed by atoms with Crippen molar-refractivity contribution in [3.05, 3.63) is 127 Å². The summed E-state index contributed by atoms with van der Waals surface area (Å²) in [6.07, 6.45) is 6.03. The first-order chi connectivity index (χ1) is 19.3. The number of thiophene rings is 1. The molecule has 5 aromatic carbocycles. The summed E-state index contributed by atoms with van der Waals surface area (Å²) in [6, 6.07) is 40.9. The van der Waals surface area contributed by atoms with Crippen molar-refractivity contribution >= 4 is 43.3 Å². The molecule has 6 aromatic rings. The molecule has 0 bridgehead atoms. The van der Waals surface area contributed by atoms with Crippen LogP contribution in [0, 0.1) is 11.3 Å². The monoisotopic (exact) mass is 516 g/mol. The lowest BCUT2D eigenvalue weighted by atomic mass is 9.96. The van der Waals surface area contributed by atoms with E-state index >= 15 is 0 Å². The predicted octanol–water partition coefficient (Wildman–Crippen LogP) is 10.1. The maximum atomic E-state index is 9.16. The van der Waals surface area contributed by atoms with Crippen LogP contribution in [0.2, 0.25) is 0 Å². The standard InChI is InChI=1S/C36H24N2S/c37-22-24-12-14-25(15-13-24)28-5-1-6-29(21-28)32-9-3-11-34-33-10-2-8-31(35(33)39-36(32)34)27-18-16-26(17-19-27)30-7-4-20-38-23-30/h1-3,5-6,8-21,23H,4,7H2. The van der Waals surface area contributed by atoms with E-state index in [0.29, 0.717) is 5.56 Å². The lowest BCUT2D eigenvalue weighted by Crippen LogP contribution is -1.90. The van der Waals surface area contributed by atoms with Gasteiger partial charge in [-0.15, -0.1) is 11.3 Å². The van der Waals surface area contributed by atoms with Gasteiger partial charge in [0.05, 0.1) is 11.6 Å². The summed E-state index contributed by atoms with van der Waals surface area (Å²) in [4.78, 5) is 4.35. The molecular weight excluding hydrogens is 492 g/mol. The second-order valence-electron chi connectivity index (χ2n) is 9.84. The van der Waals surface area contributed by atoms with Gasteiger partial charge in [0.2, 0.25) is 0 Å². The van der Waals surface area contributed by atoms with Crippen LogP contribution in [-0.4, -0.2) is 6.21 Å². The van der Waals surface area contributed by atoms with E-state index in [1.807, 2.05) is 48.0 Å². The third-order valence-electron chi connectivity index (χ3n) is 7.49. The molecule has 1 aliphatic rings. The zero-order valence-corrected chi connectivity index (χ0v) is 22.1. The Morgan fingerprint density at radius 1 is 0.615 bits per heavy atom. The number of benzene rings is 5. The van der Waals surface area contributed by atoms with E-state index in [9.17, 15) is 0 Å². The summed E-state index contributed by atoms with van der Waals surface area (Å²) in [7, 11) is 0. The van der Waals surface area contributed by atoms with E-state index in [2.05, 4.69) is 96.0 Å². The van der Waals surface area contributed by atoms with Crippen LogP contribution >= 0.6 is 11.3 Å². The Kier molecular flexibility index (Phi) is 5.89. The highest BCUT2D eigenvalue weighted by molar-refractivity contribution is 7.26. The second kappa shape index (κ2) is 9.83.